The minimum Gasteiger partial charge on any atom is -0.381 e. The smallest absolute Gasteiger partial charge is 0.255 e. The maximum Gasteiger partial charge on any atom is 0.255 e. The van der Waals surface area contributed by atoms with Gasteiger partial charge in [-0.2, -0.15) is 0 Å². The van der Waals surface area contributed by atoms with Crippen LogP contribution in [0.5, 0.6) is 0 Å². The van der Waals surface area contributed by atoms with Crippen LogP contribution in [0.4, 0.5) is 5.82 Å². The number of amides is 1. The summed E-state index contributed by atoms with van der Waals surface area (Å²) >= 11 is 0. The number of nitrogens with zero attached hydrogens (tertiary/aromatic N) is 1. The Morgan fingerprint density at radius 1 is 1.50 bits per heavy atom. The fraction of sp³-hybridized carbons (Fsp3) is 0.600. The maximum atomic E-state index is 12.2. The van der Waals surface area contributed by atoms with E-state index in [1.165, 1.54) is 0 Å². The molecule has 1 fully saturated rings. The van der Waals surface area contributed by atoms with Gasteiger partial charge in [0.15, 0.2) is 0 Å². The van der Waals surface area contributed by atoms with Crippen molar-refractivity contribution in [1.82, 2.24) is 10.3 Å². The first-order valence-electron chi connectivity index (χ1n) is 7.36. The highest BCUT2D eigenvalue weighted by molar-refractivity contribution is 5.98. The summed E-state index contributed by atoms with van der Waals surface area (Å²) in [5.41, 5.74) is 0.614. The number of carbonyl (C=O) groups excluding carboxylic acids is 1. The van der Waals surface area contributed by atoms with Crippen LogP contribution < -0.4 is 10.6 Å². The molecule has 5 nitrogen and oxygen atoms in total. The Hall–Kier alpha value is -1.62. The lowest BCUT2D eigenvalue weighted by Crippen LogP contribution is -2.27. The Bertz CT molecular complexity index is 431. The fourth-order valence-corrected chi connectivity index (χ4v) is 2.27. The predicted molar refractivity (Wildman–Crippen MR) is 78.9 cm³/mol. The van der Waals surface area contributed by atoms with E-state index in [-0.39, 0.29) is 5.91 Å². The van der Waals surface area contributed by atoms with E-state index in [9.17, 15) is 4.79 Å². The molecule has 1 aromatic heterocycles. The lowest BCUT2D eigenvalue weighted by molar-refractivity contribution is 0.0951. The number of nitrogens with one attached hydrogen (secondary N) is 2. The molecule has 20 heavy (non-hydrogen) atoms. The molecule has 0 radical (unpaired) electrons. The van der Waals surface area contributed by atoms with Crippen LogP contribution in [0.1, 0.15) is 36.5 Å². The Labute approximate surface area is 120 Å². The van der Waals surface area contributed by atoms with E-state index >= 15 is 0 Å². The first-order valence-corrected chi connectivity index (χ1v) is 7.36. The van der Waals surface area contributed by atoms with Gasteiger partial charge < -0.3 is 15.4 Å². The first kappa shape index (κ1) is 14.8. The second-order valence-electron chi connectivity index (χ2n) is 5.10. The molecule has 1 unspecified atom stereocenters. The Kier molecular flexibility index (Phi) is 5.80. The molecule has 2 N–H and O–H groups in total. The largest absolute Gasteiger partial charge is 0.381 e. The van der Waals surface area contributed by atoms with Crippen molar-refractivity contribution >= 4 is 11.7 Å². The van der Waals surface area contributed by atoms with Crippen LogP contribution in [0.2, 0.25) is 0 Å². The minimum atomic E-state index is -0.0596. The van der Waals surface area contributed by atoms with Gasteiger partial charge in [-0.1, -0.05) is 6.92 Å². The van der Waals surface area contributed by atoms with Crippen LogP contribution in [0.15, 0.2) is 18.3 Å². The summed E-state index contributed by atoms with van der Waals surface area (Å²) in [6, 6.07) is 3.59. The van der Waals surface area contributed by atoms with Crippen LogP contribution in [0.25, 0.3) is 0 Å². The highest BCUT2D eigenvalue weighted by atomic mass is 16.5. The third-order valence-corrected chi connectivity index (χ3v) is 3.46. The van der Waals surface area contributed by atoms with E-state index < -0.39 is 0 Å². The summed E-state index contributed by atoms with van der Waals surface area (Å²) < 4.78 is 5.33. The van der Waals surface area contributed by atoms with Crippen molar-refractivity contribution < 1.29 is 9.53 Å². The second kappa shape index (κ2) is 7.85. The van der Waals surface area contributed by atoms with E-state index in [0.717, 1.165) is 39.0 Å². The number of carbonyl (C=O) groups is 1. The molecule has 0 bridgehead atoms. The molecule has 2 rings (SSSR count). The van der Waals surface area contributed by atoms with E-state index in [2.05, 4.69) is 22.5 Å². The van der Waals surface area contributed by atoms with Crippen LogP contribution in [0.3, 0.4) is 0 Å². The van der Waals surface area contributed by atoms with Crippen molar-refractivity contribution in [2.45, 2.75) is 26.2 Å². The second-order valence-corrected chi connectivity index (χ2v) is 5.10. The molecule has 0 spiro atoms. The first-order chi connectivity index (χ1) is 9.81. The van der Waals surface area contributed by atoms with Crippen LogP contribution in [0, 0.1) is 5.92 Å². The molecule has 0 aromatic carbocycles. The van der Waals surface area contributed by atoms with Crippen molar-refractivity contribution in [3.8, 4) is 0 Å². The van der Waals surface area contributed by atoms with Gasteiger partial charge in [0.25, 0.3) is 5.91 Å². The normalized spacial score (nSPS) is 17.9. The summed E-state index contributed by atoms with van der Waals surface area (Å²) in [5.74, 6) is 1.19. The zero-order chi connectivity index (χ0) is 14.2. The summed E-state index contributed by atoms with van der Waals surface area (Å²) in [6.07, 6.45) is 4.78. The molecule has 0 saturated carbocycles. The number of anilines is 1. The number of ether oxygens (including phenoxy) is 1. The van der Waals surface area contributed by atoms with Crippen molar-refractivity contribution in [3.63, 3.8) is 0 Å². The monoisotopic (exact) mass is 277 g/mol. The van der Waals surface area contributed by atoms with E-state index in [0.29, 0.717) is 23.8 Å². The number of aromatic nitrogens is 1. The van der Waals surface area contributed by atoms with Gasteiger partial charge in [0.1, 0.15) is 5.82 Å². The molecule has 110 valence electrons. The molecule has 1 aromatic rings. The van der Waals surface area contributed by atoms with Crippen molar-refractivity contribution in [2.24, 2.45) is 5.92 Å². The third kappa shape index (κ3) is 4.20. The summed E-state index contributed by atoms with van der Waals surface area (Å²) in [7, 11) is 0. The number of hydrogen-bond acceptors (Lipinski definition) is 4. The van der Waals surface area contributed by atoms with Crippen LogP contribution >= 0.6 is 0 Å². The standard InChI is InChI=1S/C15H23N3O2/c1-2-7-16-14-13(4-3-8-17-14)15(19)18-9-5-12-6-10-20-11-12/h3-4,8,12H,2,5-7,9-11H2,1H3,(H,16,17)(H,18,19). The minimum absolute atomic E-state index is 0.0596. The Balaban J connectivity index is 1.84. The van der Waals surface area contributed by atoms with Gasteiger partial charge in [0, 0.05) is 32.5 Å². The average molecular weight is 277 g/mol. The zero-order valence-electron chi connectivity index (χ0n) is 12.0. The number of hydrogen-bond donors (Lipinski definition) is 2. The SMILES string of the molecule is CCCNc1ncccc1C(=O)NCCC1CCOC1. The van der Waals surface area contributed by atoms with Crippen molar-refractivity contribution in [2.75, 3.05) is 31.6 Å². The Morgan fingerprint density at radius 3 is 3.15 bits per heavy atom. The van der Waals surface area contributed by atoms with Gasteiger partial charge in [-0.05, 0) is 37.3 Å². The summed E-state index contributed by atoms with van der Waals surface area (Å²) in [6.45, 7) is 5.27. The third-order valence-electron chi connectivity index (χ3n) is 3.46. The van der Waals surface area contributed by atoms with Crippen molar-refractivity contribution in [1.29, 1.82) is 0 Å². The zero-order valence-corrected chi connectivity index (χ0v) is 12.0. The molecular formula is C15H23N3O2. The van der Waals surface area contributed by atoms with Gasteiger partial charge in [0.05, 0.1) is 5.56 Å². The van der Waals surface area contributed by atoms with E-state index in [4.69, 9.17) is 4.74 Å². The molecular weight excluding hydrogens is 254 g/mol. The molecule has 1 aliphatic heterocycles. The quantitative estimate of drug-likeness (QED) is 0.801. The van der Waals surface area contributed by atoms with Gasteiger partial charge in [-0.25, -0.2) is 4.98 Å². The van der Waals surface area contributed by atoms with Gasteiger partial charge >= 0.3 is 0 Å². The highest BCUT2D eigenvalue weighted by Crippen LogP contribution is 2.16. The molecule has 0 aliphatic carbocycles. The fourth-order valence-electron chi connectivity index (χ4n) is 2.27. The van der Waals surface area contributed by atoms with Gasteiger partial charge in [0.2, 0.25) is 0 Å². The molecule has 2 heterocycles. The topological polar surface area (TPSA) is 63.2 Å². The Morgan fingerprint density at radius 2 is 2.40 bits per heavy atom. The molecule has 1 saturated heterocycles. The predicted octanol–water partition coefficient (Wildman–Crippen LogP) is 2.06. The van der Waals surface area contributed by atoms with E-state index in [1.54, 1.807) is 18.3 Å². The van der Waals surface area contributed by atoms with E-state index in [1.807, 2.05) is 0 Å². The molecule has 1 atom stereocenters. The average Bonchev–Trinajstić information content (AvgIpc) is 2.98. The lowest BCUT2D eigenvalue weighted by atomic mass is 10.1. The van der Waals surface area contributed by atoms with Crippen LogP contribution in [-0.4, -0.2) is 37.2 Å². The summed E-state index contributed by atoms with van der Waals surface area (Å²) in [4.78, 5) is 16.4. The highest BCUT2D eigenvalue weighted by Gasteiger charge is 2.16. The summed E-state index contributed by atoms with van der Waals surface area (Å²) in [5, 5.41) is 6.15. The number of pyridine rings is 1. The molecule has 5 heteroatoms. The number of rotatable bonds is 7. The van der Waals surface area contributed by atoms with Crippen molar-refractivity contribution in [3.05, 3.63) is 23.9 Å². The van der Waals surface area contributed by atoms with Gasteiger partial charge in [-0.15, -0.1) is 0 Å². The molecule has 1 aliphatic rings. The lowest BCUT2D eigenvalue weighted by Gasteiger charge is -2.12. The van der Waals surface area contributed by atoms with Gasteiger partial charge in [-0.3, -0.25) is 4.79 Å². The maximum absolute atomic E-state index is 12.2. The molecule has 1 amide bonds. The van der Waals surface area contributed by atoms with Crippen LogP contribution in [-0.2, 0) is 4.74 Å².